The van der Waals surface area contributed by atoms with E-state index in [1.165, 1.54) is 10.5 Å². The SMILES string of the molecule is COc1ccc(CNC(=O)c2cc3c(=O)n4ccccc4nc3[n+](C[C@H]3CCCO3)c2N)cc1. The Morgan fingerprint density at radius 3 is 2.85 bits per heavy atom. The van der Waals surface area contributed by atoms with Crippen LogP contribution in [0.15, 0.2) is 59.5 Å². The Morgan fingerprint density at radius 2 is 2.12 bits per heavy atom. The van der Waals surface area contributed by atoms with Crippen LogP contribution >= 0.6 is 0 Å². The molecule has 1 aliphatic heterocycles. The average Bonchev–Trinajstić information content (AvgIpc) is 3.38. The first-order chi connectivity index (χ1) is 16.5. The van der Waals surface area contributed by atoms with Crippen LogP contribution in [0.5, 0.6) is 5.75 Å². The predicted octanol–water partition coefficient (Wildman–Crippen LogP) is 1.83. The van der Waals surface area contributed by atoms with Gasteiger partial charge in [0.2, 0.25) is 11.5 Å². The van der Waals surface area contributed by atoms with E-state index in [2.05, 4.69) is 5.32 Å². The summed E-state index contributed by atoms with van der Waals surface area (Å²) >= 11 is 0. The summed E-state index contributed by atoms with van der Waals surface area (Å²) in [5.41, 5.74) is 8.35. The highest BCUT2D eigenvalue weighted by Crippen LogP contribution is 2.18. The van der Waals surface area contributed by atoms with Crippen molar-refractivity contribution in [1.29, 1.82) is 0 Å². The first-order valence-corrected chi connectivity index (χ1v) is 11.2. The minimum absolute atomic E-state index is 0.0517. The molecular weight excluding hydrogens is 434 g/mol. The standard InChI is InChI=1S/C25H25N5O4/c1-33-17-9-7-16(8-10-17)14-27-24(31)19-13-20-23(28-21-6-2-3-11-29(21)25(20)32)30(22(19)26)15-18-5-4-12-34-18/h2-3,6-11,13,18,26H,4-5,12,14-15H2,1H3,(H,27,31)/p+1/t18-/m1/s1. The fourth-order valence-corrected chi connectivity index (χ4v) is 4.28. The van der Waals surface area contributed by atoms with Crippen LogP contribution in [0.1, 0.15) is 28.8 Å². The molecule has 1 saturated heterocycles. The number of aromatic nitrogens is 3. The summed E-state index contributed by atoms with van der Waals surface area (Å²) in [7, 11) is 1.60. The maximum Gasteiger partial charge on any atom is 0.278 e. The predicted molar refractivity (Wildman–Crippen MR) is 127 cm³/mol. The number of nitrogens with one attached hydrogen (secondary N) is 1. The summed E-state index contributed by atoms with van der Waals surface area (Å²) in [6.07, 6.45) is 3.46. The first-order valence-electron chi connectivity index (χ1n) is 11.2. The van der Waals surface area contributed by atoms with Crippen molar-refractivity contribution >= 4 is 28.4 Å². The van der Waals surface area contributed by atoms with Crippen LogP contribution in [0.2, 0.25) is 0 Å². The van der Waals surface area contributed by atoms with Gasteiger partial charge in [-0.05, 0) is 48.7 Å². The van der Waals surface area contributed by atoms with Gasteiger partial charge in [0.25, 0.3) is 17.1 Å². The van der Waals surface area contributed by atoms with Crippen molar-refractivity contribution in [3.63, 3.8) is 0 Å². The third-order valence-corrected chi connectivity index (χ3v) is 6.13. The molecule has 9 heteroatoms. The zero-order valence-corrected chi connectivity index (χ0v) is 18.9. The first kappa shape index (κ1) is 21.8. The molecule has 1 amide bonds. The lowest BCUT2D eigenvalue weighted by atomic mass is 10.1. The minimum atomic E-state index is -0.367. The minimum Gasteiger partial charge on any atom is -0.497 e. The van der Waals surface area contributed by atoms with Gasteiger partial charge in [0.05, 0.1) is 19.8 Å². The van der Waals surface area contributed by atoms with Crippen molar-refractivity contribution in [2.75, 3.05) is 19.5 Å². The molecule has 34 heavy (non-hydrogen) atoms. The van der Waals surface area contributed by atoms with Gasteiger partial charge in [-0.2, -0.15) is 0 Å². The highest BCUT2D eigenvalue weighted by molar-refractivity contribution is 6.00. The molecule has 3 N–H and O–H groups in total. The number of nitrogens with zero attached hydrogens (tertiary/aromatic N) is 3. The monoisotopic (exact) mass is 460 g/mol. The summed E-state index contributed by atoms with van der Waals surface area (Å²) in [6, 6.07) is 14.3. The van der Waals surface area contributed by atoms with Gasteiger partial charge in [-0.25, -0.2) is 4.57 Å². The lowest BCUT2D eigenvalue weighted by Gasteiger charge is -2.15. The van der Waals surface area contributed by atoms with E-state index in [0.29, 0.717) is 36.4 Å². The fraction of sp³-hybridized carbons (Fsp3) is 0.280. The smallest absolute Gasteiger partial charge is 0.278 e. The number of nitrogens with two attached hydrogens (primary N) is 1. The largest absolute Gasteiger partial charge is 0.497 e. The number of nitrogen functional groups attached to an aromatic ring is 1. The van der Waals surface area contributed by atoms with Crippen LogP contribution in [0, 0.1) is 0 Å². The summed E-state index contributed by atoms with van der Waals surface area (Å²) in [5, 5.41) is 3.23. The molecule has 4 aromatic rings. The Morgan fingerprint density at radius 1 is 1.29 bits per heavy atom. The zero-order chi connectivity index (χ0) is 23.7. The van der Waals surface area contributed by atoms with Crippen LogP contribution in [-0.4, -0.2) is 35.1 Å². The Hall–Kier alpha value is -3.98. The van der Waals surface area contributed by atoms with Crippen molar-refractivity contribution < 1.29 is 18.8 Å². The van der Waals surface area contributed by atoms with Crippen molar-refractivity contribution in [3.05, 3.63) is 76.2 Å². The summed E-state index contributed by atoms with van der Waals surface area (Å²) in [6.45, 7) is 1.41. The number of carbonyl (C=O) groups is 1. The number of benzene rings is 1. The van der Waals surface area contributed by atoms with E-state index in [1.54, 1.807) is 30.0 Å². The maximum absolute atomic E-state index is 13.3. The Kier molecular flexibility index (Phi) is 5.85. The van der Waals surface area contributed by atoms with E-state index in [9.17, 15) is 9.59 Å². The second-order valence-electron chi connectivity index (χ2n) is 8.30. The van der Waals surface area contributed by atoms with Crippen LogP contribution in [0.25, 0.3) is 16.7 Å². The molecular formula is C25H26N5O4+. The number of hydrogen-bond acceptors (Lipinski definition) is 6. The quantitative estimate of drug-likeness (QED) is 0.335. The Labute approximate surface area is 195 Å². The molecule has 1 atom stereocenters. The summed E-state index contributed by atoms with van der Waals surface area (Å²) in [5.74, 6) is 0.625. The highest BCUT2D eigenvalue weighted by Gasteiger charge is 2.27. The van der Waals surface area contributed by atoms with Crippen molar-refractivity contribution in [3.8, 4) is 5.75 Å². The normalized spacial score (nSPS) is 15.6. The van der Waals surface area contributed by atoms with Gasteiger partial charge in [-0.1, -0.05) is 23.2 Å². The number of pyridine rings is 2. The topological polar surface area (TPSA) is 112 Å². The number of amides is 1. The molecule has 0 radical (unpaired) electrons. The van der Waals surface area contributed by atoms with Gasteiger partial charge in [0.15, 0.2) is 0 Å². The highest BCUT2D eigenvalue weighted by atomic mass is 16.5. The van der Waals surface area contributed by atoms with E-state index in [4.69, 9.17) is 20.2 Å². The number of hydrogen-bond donors (Lipinski definition) is 2. The molecule has 4 heterocycles. The van der Waals surface area contributed by atoms with E-state index >= 15 is 0 Å². The molecule has 1 aromatic carbocycles. The number of fused-ring (bicyclic) bond motifs is 2. The molecule has 9 nitrogen and oxygen atoms in total. The second kappa shape index (κ2) is 9.11. The van der Waals surface area contributed by atoms with Crippen molar-refractivity contribution in [1.82, 2.24) is 14.7 Å². The third-order valence-electron chi connectivity index (χ3n) is 6.13. The van der Waals surface area contributed by atoms with E-state index in [0.717, 1.165) is 24.2 Å². The van der Waals surface area contributed by atoms with E-state index < -0.39 is 0 Å². The molecule has 174 valence electrons. The molecule has 1 aliphatic rings. The van der Waals surface area contributed by atoms with E-state index in [1.807, 2.05) is 30.3 Å². The number of ether oxygens (including phenoxy) is 2. The zero-order valence-electron chi connectivity index (χ0n) is 18.9. The van der Waals surface area contributed by atoms with Gasteiger partial charge in [0, 0.05) is 19.3 Å². The molecule has 0 spiro atoms. The summed E-state index contributed by atoms with van der Waals surface area (Å²) < 4.78 is 14.2. The second-order valence-corrected chi connectivity index (χ2v) is 8.30. The molecule has 0 saturated carbocycles. The maximum atomic E-state index is 13.3. The van der Waals surface area contributed by atoms with Gasteiger partial charge in [-0.15, -0.1) is 0 Å². The van der Waals surface area contributed by atoms with Gasteiger partial charge in [0.1, 0.15) is 16.7 Å². The van der Waals surface area contributed by atoms with E-state index in [-0.39, 0.29) is 29.0 Å². The van der Waals surface area contributed by atoms with Crippen LogP contribution in [0.4, 0.5) is 5.82 Å². The van der Waals surface area contributed by atoms with Crippen molar-refractivity contribution in [2.24, 2.45) is 0 Å². The van der Waals surface area contributed by atoms with Crippen LogP contribution < -0.4 is 25.9 Å². The van der Waals surface area contributed by atoms with Gasteiger partial charge in [-0.3, -0.25) is 14.0 Å². The van der Waals surface area contributed by atoms with Crippen LogP contribution in [-0.2, 0) is 17.8 Å². The number of anilines is 1. The van der Waals surface area contributed by atoms with Gasteiger partial charge >= 0.3 is 0 Å². The molecule has 3 aromatic heterocycles. The van der Waals surface area contributed by atoms with Crippen LogP contribution in [0.3, 0.4) is 0 Å². The Balaban J connectivity index is 1.56. The molecule has 1 fully saturated rings. The molecule has 0 unspecified atom stereocenters. The molecule has 0 aliphatic carbocycles. The average molecular weight is 461 g/mol. The molecule has 5 rings (SSSR count). The number of methoxy groups -OCH3 is 1. The lowest BCUT2D eigenvalue weighted by molar-refractivity contribution is -0.666. The lowest BCUT2D eigenvalue weighted by Crippen LogP contribution is -2.46. The van der Waals surface area contributed by atoms with Crippen molar-refractivity contribution in [2.45, 2.75) is 32.0 Å². The van der Waals surface area contributed by atoms with Gasteiger partial charge < -0.3 is 20.5 Å². The fourth-order valence-electron chi connectivity index (χ4n) is 4.28. The molecule has 0 bridgehead atoms. The number of carbonyl (C=O) groups excluding carboxylic acids is 1. The number of rotatable bonds is 6. The summed E-state index contributed by atoms with van der Waals surface area (Å²) in [4.78, 5) is 31.2. The third kappa shape index (κ3) is 4.06. The Bertz CT molecular complexity index is 1430.